The summed E-state index contributed by atoms with van der Waals surface area (Å²) in [5.41, 5.74) is 2.88. The predicted molar refractivity (Wildman–Crippen MR) is 67.8 cm³/mol. The Bertz CT molecular complexity index is 421. The normalized spacial score (nSPS) is 23.8. The topological polar surface area (TPSA) is 25.8 Å². The molecule has 2 heteroatoms. The van der Waals surface area contributed by atoms with Crippen LogP contribution in [0.2, 0.25) is 0 Å². The molecule has 0 spiro atoms. The lowest BCUT2D eigenvalue weighted by Gasteiger charge is -2.11. The van der Waals surface area contributed by atoms with Gasteiger partial charge in [-0.2, -0.15) is 0 Å². The highest BCUT2D eigenvalue weighted by molar-refractivity contribution is 5.23. The summed E-state index contributed by atoms with van der Waals surface area (Å²) in [6, 6.07) is 8.61. The van der Waals surface area contributed by atoms with Gasteiger partial charge in [0.05, 0.1) is 0 Å². The minimum absolute atomic E-state index is 0.705. The SMILES string of the molecule is c1cc(C2CCC(c3ccncc3)C2)ccn1. The molecule has 0 aliphatic heterocycles. The Morgan fingerprint density at radius 3 is 1.53 bits per heavy atom. The molecule has 2 unspecified atom stereocenters. The van der Waals surface area contributed by atoms with Crippen molar-refractivity contribution in [1.29, 1.82) is 0 Å². The summed E-state index contributed by atoms with van der Waals surface area (Å²) in [5.74, 6) is 1.41. The van der Waals surface area contributed by atoms with Gasteiger partial charge in [-0.3, -0.25) is 9.97 Å². The summed E-state index contributed by atoms with van der Waals surface area (Å²) in [6.45, 7) is 0. The van der Waals surface area contributed by atoms with Gasteiger partial charge >= 0.3 is 0 Å². The van der Waals surface area contributed by atoms with Gasteiger partial charge in [-0.15, -0.1) is 0 Å². The number of aromatic nitrogens is 2. The van der Waals surface area contributed by atoms with Crippen molar-refractivity contribution in [2.45, 2.75) is 31.1 Å². The van der Waals surface area contributed by atoms with Gasteiger partial charge in [-0.25, -0.2) is 0 Å². The molecule has 17 heavy (non-hydrogen) atoms. The number of hydrogen-bond donors (Lipinski definition) is 0. The summed E-state index contributed by atoms with van der Waals surface area (Å²) in [4.78, 5) is 8.17. The molecule has 0 amide bonds. The van der Waals surface area contributed by atoms with Gasteiger partial charge in [-0.1, -0.05) is 0 Å². The van der Waals surface area contributed by atoms with E-state index in [1.807, 2.05) is 24.8 Å². The first-order valence-corrected chi connectivity index (χ1v) is 6.23. The van der Waals surface area contributed by atoms with E-state index >= 15 is 0 Å². The molecule has 0 N–H and O–H groups in total. The van der Waals surface area contributed by atoms with E-state index in [4.69, 9.17) is 0 Å². The van der Waals surface area contributed by atoms with Crippen molar-refractivity contribution in [1.82, 2.24) is 9.97 Å². The molecule has 2 heterocycles. The van der Waals surface area contributed by atoms with E-state index in [-0.39, 0.29) is 0 Å². The van der Waals surface area contributed by atoms with Crippen LogP contribution in [-0.2, 0) is 0 Å². The monoisotopic (exact) mass is 224 g/mol. The largest absolute Gasteiger partial charge is 0.265 e. The Morgan fingerprint density at radius 2 is 1.12 bits per heavy atom. The average molecular weight is 224 g/mol. The van der Waals surface area contributed by atoms with E-state index in [0.717, 1.165) is 0 Å². The van der Waals surface area contributed by atoms with Crippen molar-refractivity contribution in [3.8, 4) is 0 Å². The summed E-state index contributed by atoms with van der Waals surface area (Å²) in [6.07, 6.45) is 11.4. The van der Waals surface area contributed by atoms with Gasteiger partial charge < -0.3 is 0 Å². The first-order valence-electron chi connectivity index (χ1n) is 6.23. The van der Waals surface area contributed by atoms with Gasteiger partial charge in [0.1, 0.15) is 0 Å². The van der Waals surface area contributed by atoms with E-state index < -0.39 is 0 Å². The molecule has 3 rings (SSSR count). The molecule has 0 bridgehead atoms. The first-order chi connectivity index (χ1) is 8.43. The third-order valence-corrected chi connectivity index (χ3v) is 3.79. The van der Waals surface area contributed by atoms with Crippen LogP contribution in [0.25, 0.3) is 0 Å². The van der Waals surface area contributed by atoms with E-state index in [1.54, 1.807) is 0 Å². The van der Waals surface area contributed by atoms with Crippen molar-refractivity contribution < 1.29 is 0 Å². The standard InChI is InChI=1S/C15H16N2/c1-2-15(13-5-9-17-10-6-13)11-14(1)12-3-7-16-8-4-12/h3-10,14-15H,1-2,11H2. The van der Waals surface area contributed by atoms with Crippen LogP contribution in [-0.4, -0.2) is 9.97 Å². The average Bonchev–Trinajstić information content (AvgIpc) is 2.90. The third kappa shape index (κ3) is 2.21. The maximum absolute atomic E-state index is 4.09. The first kappa shape index (κ1) is 10.5. The number of nitrogens with zero attached hydrogens (tertiary/aromatic N) is 2. The lowest BCUT2D eigenvalue weighted by atomic mass is 9.94. The quantitative estimate of drug-likeness (QED) is 0.780. The zero-order valence-electron chi connectivity index (χ0n) is 9.79. The molecule has 1 fully saturated rings. The second kappa shape index (κ2) is 4.66. The molecule has 2 atom stereocenters. The molecule has 2 aromatic heterocycles. The minimum Gasteiger partial charge on any atom is -0.265 e. The van der Waals surface area contributed by atoms with Crippen molar-refractivity contribution in [2.75, 3.05) is 0 Å². The molecule has 86 valence electrons. The molecule has 0 radical (unpaired) electrons. The van der Waals surface area contributed by atoms with Gasteiger partial charge in [0.25, 0.3) is 0 Å². The van der Waals surface area contributed by atoms with Crippen LogP contribution in [0, 0.1) is 0 Å². The third-order valence-electron chi connectivity index (χ3n) is 3.79. The second-order valence-corrected chi connectivity index (χ2v) is 4.77. The molecule has 0 saturated heterocycles. The zero-order chi connectivity index (χ0) is 11.5. The van der Waals surface area contributed by atoms with Crippen LogP contribution in [0.5, 0.6) is 0 Å². The minimum atomic E-state index is 0.705. The van der Waals surface area contributed by atoms with Crippen LogP contribution >= 0.6 is 0 Å². The molecule has 1 aliphatic rings. The predicted octanol–water partition coefficient (Wildman–Crippen LogP) is 3.53. The summed E-state index contributed by atoms with van der Waals surface area (Å²) < 4.78 is 0. The molecular weight excluding hydrogens is 208 g/mol. The Balaban J connectivity index is 1.75. The van der Waals surface area contributed by atoms with Crippen LogP contribution in [0.3, 0.4) is 0 Å². The maximum atomic E-state index is 4.09. The maximum Gasteiger partial charge on any atom is 0.0270 e. The van der Waals surface area contributed by atoms with Crippen molar-refractivity contribution >= 4 is 0 Å². The fourth-order valence-corrected chi connectivity index (χ4v) is 2.86. The molecule has 2 nitrogen and oxygen atoms in total. The van der Waals surface area contributed by atoms with E-state index in [9.17, 15) is 0 Å². The van der Waals surface area contributed by atoms with Crippen LogP contribution in [0.1, 0.15) is 42.2 Å². The van der Waals surface area contributed by atoms with Gasteiger partial charge in [-0.05, 0) is 66.5 Å². The number of pyridine rings is 2. The fourth-order valence-electron chi connectivity index (χ4n) is 2.86. The Morgan fingerprint density at radius 1 is 0.706 bits per heavy atom. The smallest absolute Gasteiger partial charge is 0.0270 e. The molecular formula is C15H16N2. The lowest BCUT2D eigenvalue weighted by Crippen LogP contribution is -1.95. The molecule has 1 aliphatic carbocycles. The van der Waals surface area contributed by atoms with Crippen molar-refractivity contribution in [2.24, 2.45) is 0 Å². The Kier molecular flexibility index (Phi) is 2.87. The van der Waals surface area contributed by atoms with E-state index in [2.05, 4.69) is 34.2 Å². The van der Waals surface area contributed by atoms with Crippen LogP contribution in [0.15, 0.2) is 49.1 Å². The summed E-state index contributed by atoms with van der Waals surface area (Å²) >= 11 is 0. The zero-order valence-corrected chi connectivity index (χ0v) is 9.79. The van der Waals surface area contributed by atoms with Gasteiger partial charge in [0.2, 0.25) is 0 Å². The van der Waals surface area contributed by atoms with Crippen LogP contribution in [0.4, 0.5) is 0 Å². The molecule has 2 aromatic rings. The van der Waals surface area contributed by atoms with Crippen LogP contribution < -0.4 is 0 Å². The summed E-state index contributed by atoms with van der Waals surface area (Å²) in [5, 5.41) is 0. The van der Waals surface area contributed by atoms with Crippen molar-refractivity contribution in [3.63, 3.8) is 0 Å². The number of hydrogen-bond acceptors (Lipinski definition) is 2. The Labute approximate surface area is 102 Å². The molecule has 0 aromatic carbocycles. The van der Waals surface area contributed by atoms with E-state index in [1.165, 1.54) is 30.4 Å². The highest BCUT2D eigenvalue weighted by atomic mass is 14.6. The second-order valence-electron chi connectivity index (χ2n) is 4.77. The van der Waals surface area contributed by atoms with Gasteiger partial charge in [0, 0.05) is 24.8 Å². The summed E-state index contributed by atoms with van der Waals surface area (Å²) in [7, 11) is 0. The number of rotatable bonds is 2. The highest BCUT2D eigenvalue weighted by Gasteiger charge is 2.26. The molecule has 1 saturated carbocycles. The highest BCUT2D eigenvalue weighted by Crippen LogP contribution is 2.43. The Hall–Kier alpha value is -1.70. The van der Waals surface area contributed by atoms with E-state index in [0.29, 0.717) is 11.8 Å². The van der Waals surface area contributed by atoms with Gasteiger partial charge in [0.15, 0.2) is 0 Å². The fraction of sp³-hybridized carbons (Fsp3) is 0.333. The lowest BCUT2D eigenvalue weighted by molar-refractivity contribution is 0.684. The van der Waals surface area contributed by atoms with Crippen molar-refractivity contribution in [3.05, 3.63) is 60.2 Å².